The Morgan fingerprint density at radius 2 is 1.05 bits per heavy atom. The number of likely N-dealkylation sites (N-methyl/N-ethyl adjacent to an activating group) is 3. The Balaban J connectivity index is 1.13. The second kappa shape index (κ2) is 48.6. The molecule has 3 aliphatic rings. The number of H-pyrrole nitrogens is 1. The number of carboxylic acid groups (broad SMARTS) is 2. The number of aromatic amines is 1. The van der Waals surface area contributed by atoms with Gasteiger partial charge in [0.25, 0.3) is 0 Å². The number of aromatic nitrogens is 1. The second-order valence-corrected chi connectivity index (χ2v) is 34.5. The Kier molecular flexibility index (Phi) is 37.7. The number of phenolic OH excluding ortho intramolecular Hbond substituents is 1. The van der Waals surface area contributed by atoms with Crippen molar-refractivity contribution in [2.45, 2.75) is 202 Å². The highest BCUT2D eigenvalue weighted by atomic mass is 32.2. The molecular weight excluding hydrogens is 1760 g/mol. The molecular formula is C91H113F4N17O20S. The van der Waals surface area contributed by atoms with Crippen molar-refractivity contribution in [2.24, 2.45) is 17.4 Å². The van der Waals surface area contributed by atoms with Crippen LogP contribution < -0.4 is 59.3 Å². The minimum atomic E-state index is -1.99. The lowest BCUT2D eigenvalue weighted by molar-refractivity contribution is -0.152. The van der Waals surface area contributed by atoms with Gasteiger partial charge in [0, 0.05) is 102 Å². The Morgan fingerprint density at radius 1 is 0.519 bits per heavy atom. The van der Waals surface area contributed by atoms with Gasteiger partial charge in [0.2, 0.25) is 88.6 Å². The Hall–Kier alpha value is -13.5. The Labute approximate surface area is 767 Å². The molecule has 5 aromatic carbocycles. The smallest absolute Gasteiger partial charge is 0.305 e. The number of para-hydroxylation sites is 1. The molecule has 0 aliphatic carbocycles. The molecule has 37 nitrogen and oxygen atoms in total. The van der Waals surface area contributed by atoms with Crippen molar-refractivity contribution < 1.29 is 114 Å². The summed E-state index contributed by atoms with van der Waals surface area (Å²) in [6, 6.07) is 4.08. The van der Waals surface area contributed by atoms with E-state index in [0.29, 0.717) is 64.3 Å². The van der Waals surface area contributed by atoms with Crippen LogP contribution in [0.3, 0.4) is 0 Å². The van der Waals surface area contributed by atoms with Gasteiger partial charge in [-0.15, -0.1) is 11.8 Å². The number of primary amides is 1. The Bertz CT molecular complexity index is 5210. The van der Waals surface area contributed by atoms with Gasteiger partial charge in [0.1, 0.15) is 90.1 Å². The van der Waals surface area contributed by atoms with Crippen molar-refractivity contribution in [3.63, 3.8) is 0 Å². The molecule has 6 aromatic rings. The van der Waals surface area contributed by atoms with Crippen molar-refractivity contribution in [1.82, 2.24) is 77.3 Å². The van der Waals surface area contributed by atoms with Crippen LogP contribution in [-0.4, -0.2) is 283 Å². The molecule has 3 fully saturated rings. The van der Waals surface area contributed by atoms with E-state index in [4.69, 9.17) is 11.5 Å². The number of hydrogen-bond donors (Lipinski definition) is 15. The molecule has 42 heteroatoms. The van der Waals surface area contributed by atoms with Gasteiger partial charge in [-0.3, -0.25) is 81.5 Å². The number of carbonyl (C=O) groups is 17. The summed E-state index contributed by atoms with van der Waals surface area (Å²) < 4.78 is 59.6. The minimum absolute atomic E-state index is 0.0703. The first-order chi connectivity index (χ1) is 63.2. The number of halogens is 4. The van der Waals surface area contributed by atoms with Crippen molar-refractivity contribution in [2.75, 3.05) is 58.8 Å². The number of amides is 15. The maximum Gasteiger partial charge on any atom is 0.305 e. The van der Waals surface area contributed by atoms with Gasteiger partial charge in [-0.1, -0.05) is 106 Å². The molecule has 0 saturated carbocycles. The molecule has 716 valence electrons. The van der Waals surface area contributed by atoms with Crippen molar-refractivity contribution in [1.29, 1.82) is 0 Å². The van der Waals surface area contributed by atoms with Crippen LogP contribution in [0.15, 0.2) is 121 Å². The normalized spacial score (nSPS) is 23.6. The zero-order valence-corrected chi connectivity index (χ0v) is 75.1. The molecule has 15 amide bonds. The van der Waals surface area contributed by atoms with E-state index in [1.807, 2.05) is 0 Å². The number of nitrogens with two attached hydrogens (primary N) is 2. The number of carbonyl (C=O) groups excluding carboxylic acids is 15. The van der Waals surface area contributed by atoms with E-state index in [0.717, 1.165) is 43.7 Å². The van der Waals surface area contributed by atoms with E-state index in [1.54, 1.807) is 67.7 Å². The predicted octanol–water partition coefficient (Wildman–Crippen LogP) is 1.17. The number of benzene rings is 5. The molecule has 17 N–H and O–H groups in total. The SMILES string of the molecule is CCCC[C@H]1C(=O)N2CCC[C@@H]2C(=O)N[C@@H](CC(=O)O)C(=O)N[C@@H](C(C)C)C(=O)N(C)[C@@H](Cc2ccccc2)C(=O)N[C@@H](CCC(=O)O)C(=O)N2CCCC[C@@H]2C(=O)N[C@@H](Cc2c[nH]c3ccccc23)C(=O)N[C@@H](Cc2ccc(O)cc2)C(=O)N[C@@H](CN)C(=O)N[C@H](C(=O)NCC(N)=O)CSCC(=O)N[C@@H](Cc2cc(F)c(F)c(F)c2)C(=O)N(C)[C@@H](Cc2ccc(F)cc2)C(=O)N1C. The van der Waals surface area contributed by atoms with Crippen molar-refractivity contribution in [3.05, 3.63) is 173 Å². The number of unbranched alkanes of at least 4 members (excludes halogenated alkanes) is 1. The van der Waals surface area contributed by atoms with Crippen LogP contribution in [0.2, 0.25) is 0 Å². The average Bonchev–Trinajstić information content (AvgIpc) is 1.42. The monoisotopic (exact) mass is 1870 g/mol. The largest absolute Gasteiger partial charge is 0.508 e. The van der Waals surface area contributed by atoms with Crippen LogP contribution in [-0.2, 0) is 114 Å². The van der Waals surface area contributed by atoms with Gasteiger partial charge in [0.15, 0.2) is 17.5 Å². The minimum Gasteiger partial charge on any atom is -0.508 e. The summed E-state index contributed by atoms with van der Waals surface area (Å²) in [5.41, 5.74) is 13.2. The lowest BCUT2D eigenvalue weighted by atomic mass is 9.97. The van der Waals surface area contributed by atoms with Crippen LogP contribution >= 0.6 is 11.8 Å². The van der Waals surface area contributed by atoms with E-state index in [2.05, 4.69) is 52.8 Å². The number of rotatable bonds is 23. The highest BCUT2D eigenvalue weighted by Crippen LogP contribution is 2.29. The first-order valence-electron chi connectivity index (χ1n) is 43.6. The molecule has 1 aromatic heterocycles. The third-order valence-corrected chi connectivity index (χ3v) is 24.5. The standard InChI is InChI=1S/C91H113F4N17O20S/c1-7-8-21-70-90(131)112-35-16-23-69(112)85(126)104-64(43-76(118)119)82(123)107-78(49(2)3)91(132)109(5)71(40-50-17-10-9-11-18-50)86(127)101-61(32-33-75(116)117)88(129)111-34-15-14-22-68(111)84(125)103-63(42-54-45-98-60-20-13-12-19-57(54)60)81(122)102-62(38-51-26-30-56(113)31-27-51)80(121)105-66(44-96)83(124)106-67(79(120)99-46-73(97)114)47-133-48-74(115)100-65(39-53-36-58(93)77(95)59(94)37-53)87(128)110(6)72(89(130)108(70)4)41-52-24-28-55(92)29-25-52/h9-13,17-20,24-31,36-37,45,49,61-72,78,98,113H,7-8,14-16,21-23,32-35,38-44,46-48,96H2,1-6H3,(H2,97,114)(H,99,120)(H,100,115)(H,101,127)(H,102,122)(H,103,125)(H,104,126)(H,105,121)(H,106,124)(H,107,123)(H,116,117)(H,118,119)/t61-,62-,63-,64-,65-,66-,67-,68+,69+,70-,71-,72-,78-/m0/s1. The first-order valence-corrected chi connectivity index (χ1v) is 44.8. The number of fused-ring (bicyclic) bond motifs is 3. The molecule has 9 rings (SSSR count). The molecule has 3 aliphatic heterocycles. The van der Waals surface area contributed by atoms with Crippen LogP contribution in [0, 0.1) is 29.2 Å². The topological polar surface area (TPSA) is 543 Å². The number of hydrogen-bond acceptors (Lipinski definition) is 20. The van der Waals surface area contributed by atoms with Crippen LogP contribution in [0.1, 0.15) is 119 Å². The fourth-order valence-corrected chi connectivity index (χ4v) is 17.0. The molecule has 13 atom stereocenters. The van der Waals surface area contributed by atoms with Gasteiger partial charge in [0.05, 0.1) is 18.7 Å². The summed E-state index contributed by atoms with van der Waals surface area (Å²) in [7, 11) is 3.54. The van der Waals surface area contributed by atoms with E-state index >= 15 is 51.9 Å². The fraction of sp³-hybridized carbons (Fsp3) is 0.462. The average molecular weight is 1870 g/mol. The third-order valence-electron chi connectivity index (χ3n) is 23.5. The summed E-state index contributed by atoms with van der Waals surface area (Å²) in [4.78, 5) is 257. The number of piperidine rings is 1. The summed E-state index contributed by atoms with van der Waals surface area (Å²) in [5.74, 6) is -27.3. The highest BCUT2D eigenvalue weighted by molar-refractivity contribution is 8.00. The second-order valence-electron chi connectivity index (χ2n) is 33.5. The summed E-state index contributed by atoms with van der Waals surface area (Å²) in [6.45, 7) is 2.92. The van der Waals surface area contributed by atoms with Crippen LogP contribution in [0.25, 0.3) is 10.9 Å². The van der Waals surface area contributed by atoms with Gasteiger partial charge < -0.3 is 104 Å². The summed E-state index contributed by atoms with van der Waals surface area (Å²) in [6.07, 6.45) is -2.14. The van der Waals surface area contributed by atoms with Crippen molar-refractivity contribution in [3.8, 4) is 5.75 Å². The van der Waals surface area contributed by atoms with Gasteiger partial charge >= 0.3 is 11.9 Å². The number of aliphatic carboxylic acids is 2. The quantitative estimate of drug-likeness (QED) is 0.0316. The molecule has 0 radical (unpaired) electrons. The lowest BCUT2D eigenvalue weighted by Crippen LogP contribution is -2.63. The van der Waals surface area contributed by atoms with Gasteiger partial charge in [-0.2, -0.15) is 0 Å². The molecule has 133 heavy (non-hydrogen) atoms. The van der Waals surface area contributed by atoms with Crippen LogP contribution in [0.4, 0.5) is 17.6 Å². The number of thioether (sulfide) groups is 1. The molecule has 0 bridgehead atoms. The van der Waals surface area contributed by atoms with Gasteiger partial charge in [-0.05, 0) is 121 Å². The van der Waals surface area contributed by atoms with Gasteiger partial charge in [-0.25, -0.2) is 17.6 Å². The molecule has 0 unspecified atom stereocenters. The van der Waals surface area contributed by atoms with E-state index < -0.39 is 277 Å². The predicted molar refractivity (Wildman–Crippen MR) is 475 cm³/mol. The zero-order valence-electron chi connectivity index (χ0n) is 74.3. The maximum absolute atomic E-state index is 15.6. The van der Waals surface area contributed by atoms with E-state index in [1.165, 1.54) is 64.3 Å². The number of phenols is 1. The number of aromatic hydroxyl groups is 1. The maximum atomic E-state index is 15.6. The highest BCUT2D eigenvalue weighted by Gasteiger charge is 2.46. The zero-order chi connectivity index (χ0) is 97.2. The summed E-state index contributed by atoms with van der Waals surface area (Å²) >= 11 is 0.601. The molecule has 0 spiro atoms. The number of nitrogens with one attached hydrogen (secondary N) is 10. The molecule has 3 saturated heterocycles. The third kappa shape index (κ3) is 28.5. The van der Waals surface area contributed by atoms with Crippen LogP contribution in [0.5, 0.6) is 5.75 Å². The number of nitrogens with zero attached hydrogens (tertiary/aromatic N) is 5. The lowest BCUT2D eigenvalue weighted by Gasteiger charge is -2.38. The summed E-state index contributed by atoms with van der Waals surface area (Å²) in [5, 5.41) is 54.2. The van der Waals surface area contributed by atoms with Crippen molar-refractivity contribution >= 4 is 123 Å². The Morgan fingerprint density at radius 3 is 1.68 bits per heavy atom. The first kappa shape index (κ1) is 103. The fourth-order valence-electron chi connectivity index (χ4n) is 16.2. The van der Waals surface area contributed by atoms with E-state index in [-0.39, 0.29) is 75.8 Å². The number of carboxylic acids is 2. The molecule has 4 heterocycles. The van der Waals surface area contributed by atoms with E-state index in [9.17, 15) is 62.5 Å².